The van der Waals surface area contributed by atoms with E-state index in [9.17, 15) is 4.79 Å². The molecule has 0 unspecified atom stereocenters. The van der Waals surface area contributed by atoms with E-state index in [-0.39, 0.29) is 5.91 Å². The van der Waals surface area contributed by atoms with Crippen molar-refractivity contribution in [3.8, 4) is 17.1 Å². The first-order valence-corrected chi connectivity index (χ1v) is 12.2. The van der Waals surface area contributed by atoms with Crippen LogP contribution in [-0.2, 0) is 4.79 Å². The number of benzene rings is 1. The number of anilines is 1. The molecule has 1 aliphatic rings. The fourth-order valence-corrected chi connectivity index (χ4v) is 4.76. The number of rotatable bonds is 7. The smallest absolute Gasteiger partial charge is 0.247 e. The molecule has 0 spiro atoms. The predicted molar refractivity (Wildman–Crippen MR) is 126 cm³/mol. The molecule has 1 amide bonds. The highest BCUT2D eigenvalue weighted by atomic mass is 32.2. The van der Waals surface area contributed by atoms with Crippen LogP contribution in [0.5, 0.6) is 5.88 Å². The van der Waals surface area contributed by atoms with E-state index in [0.29, 0.717) is 16.7 Å². The number of unbranched alkanes of at least 4 members (excludes halogenated alkanes) is 2. The third-order valence-electron chi connectivity index (χ3n) is 4.83. The highest BCUT2D eigenvalue weighted by molar-refractivity contribution is 7.99. The third-order valence-corrected chi connectivity index (χ3v) is 6.59. The molecule has 3 heterocycles. The average Bonchev–Trinajstić information content (AvgIpc) is 3.24. The molecule has 160 valence electrons. The summed E-state index contributed by atoms with van der Waals surface area (Å²) in [5.74, 6) is 1.21. The molecule has 0 bridgehead atoms. The molecule has 0 radical (unpaired) electrons. The molecule has 8 heteroatoms. The minimum absolute atomic E-state index is 0.122. The van der Waals surface area contributed by atoms with Gasteiger partial charge in [0.25, 0.3) is 0 Å². The summed E-state index contributed by atoms with van der Waals surface area (Å²) in [6.45, 7) is 3.72. The molecule has 0 saturated carbocycles. The number of thioether (sulfide) groups is 1. The van der Waals surface area contributed by atoms with E-state index in [4.69, 9.17) is 4.74 Å². The summed E-state index contributed by atoms with van der Waals surface area (Å²) in [6, 6.07) is 11.6. The standard InChI is InChI=1S/C23H24N4O2S2/c1-3-4-7-14-31-23-24-22-21(25-26-23)18-10-5-6-11-19(18)27(16(2)28)20(29-22)13-12-17-9-8-15-30-17/h5-6,8-13,15,20H,3-4,7,14H2,1-2H3/b13-12-/t20-/m0/s1. The van der Waals surface area contributed by atoms with Gasteiger partial charge in [-0.25, -0.2) is 0 Å². The van der Waals surface area contributed by atoms with Gasteiger partial charge in [0.1, 0.15) is 0 Å². The Morgan fingerprint density at radius 3 is 2.87 bits per heavy atom. The van der Waals surface area contributed by atoms with Crippen LogP contribution in [0.3, 0.4) is 0 Å². The molecular formula is C23H24N4O2S2. The van der Waals surface area contributed by atoms with Crippen molar-refractivity contribution in [3.63, 3.8) is 0 Å². The van der Waals surface area contributed by atoms with E-state index in [1.165, 1.54) is 19.8 Å². The number of hydrogen-bond acceptors (Lipinski definition) is 7. The summed E-state index contributed by atoms with van der Waals surface area (Å²) in [7, 11) is 0. The number of ether oxygens (including phenoxy) is 1. The van der Waals surface area contributed by atoms with Crippen LogP contribution in [0.2, 0.25) is 0 Å². The second-order valence-corrected chi connectivity index (χ2v) is 9.13. The molecule has 1 atom stereocenters. The minimum Gasteiger partial charge on any atom is -0.448 e. The number of carbonyl (C=O) groups is 1. The van der Waals surface area contributed by atoms with Crippen LogP contribution in [0, 0.1) is 0 Å². The number of thiophene rings is 1. The lowest BCUT2D eigenvalue weighted by Gasteiger charge is -2.27. The van der Waals surface area contributed by atoms with Gasteiger partial charge in [-0.1, -0.05) is 55.8 Å². The fourth-order valence-electron chi connectivity index (χ4n) is 3.35. The van der Waals surface area contributed by atoms with Crippen LogP contribution in [-0.4, -0.2) is 33.1 Å². The van der Waals surface area contributed by atoms with Gasteiger partial charge in [0.05, 0.1) is 5.69 Å². The maximum absolute atomic E-state index is 12.7. The van der Waals surface area contributed by atoms with Gasteiger partial charge in [-0.3, -0.25) is 9.69 Å². The second kappa shape index (κ2) is 10.1. The van der Waals surface area contributed by atoms with Crippen LogP contribution in [0.15, 0.2) is 53.0 Å². The summed E-state index contributed by atoms with van der Waals surface area (Å²) < 4.78 is 6.28. The first-order valence-electron chi connectivity index (χ1n) is 10.3. The monoisotopic (exact) mass is 452 g/mol. The zero-order valence-electron chi connectivity index (χ0n) is 17.5. The van der Waals surface area contributed by atoms with Crippen LogP contribution < -0.4 is 9.64 Å². The Labute approximate surface area is 190 Å². The molecule has 6 nitrogen and oxygen atoms in total. The van der Waals surface area contributed by atoms with Gasteiger partial charge < -0.3 is 4.74 Å². The Morgan fingerprint density at radius 2 is 2.10 bits per heavy atom. The largest absolute Gasteiger partial charge is 0.448 e. The molecule has 31 heavy (non-hydrogen) atoms. The maximum Gasteiger partial charge on any atom is 0.247 e. The number of nitrogens with zero attached hydrogens (tertiary/aromatic N) is 4. The molecule has 0 N–H and O–H groups in total. The zero-order chi connectivity index (χ0) is 21.6. The Balaban J connectivity index is 1.73. The Bertz CT molecular complexity index is 1070. The van der Waals surface area contributed by atoms with Crippen molar-refractivity contribution < 1.29 is 9.53 Å². The molecule has 0 saturated heterocycles. The topological polar surface area (TPSA) is 68.2 Å². The van der Waals surface area contributed by atoms with Gasteiger partial charge >= 0.3 is 0 Å². The van der Waals surface area contributed by atoms with Crippen molar-refractivity contribution in [2.75, 3.05) is 10.7 Å². The van der Waals surface area contributed by atoms with E-state index in [1.54, 1.807) is 28.0 Å². The lowest BCUT2D eigenvalue weighted by Crippen LogP contribution is -2.41. The SMILES string of the molecule is CCCCCSc1nnc2c(n1)O[C@@H](/C=C\c1cccs1)N(C(C)=O)c1ccccc1-2. The predicted octanol–water partition coefficient (Wildman–Crippen LogP) is 5.67. The van der Waals surface area contributed by atoms with E-state index < -0.39 is 6.23 Å². The number of carbonyl (C=O) groups excluding carboxylic acids is 1. The molecule has 0 aliphatic carbocycles. The minimum atomic E-state index is -0.642. The quantitative estimate of drug-likeness (QED) is 0.340. The van der Waals surface area contributed by atoms with E-state index in [2.05, 4.69) is 22.1 Å². The number of fused-ring (bicyclic) bond motifs is 3. The number of amides is 1. The second-order valence-electron chi connectivity index (χ2n) is 7.09. The van der Waals surface area contributed by atoms with Crippen molar-refractivity contribution in [2.45, 2.75) is 44.5 Å². The van der Waals surface area contributed by atoms with Gasteiger partial charge in [-0.15, -0.1) is 21.5 Å². The Kier molecular flexibility index (Phi) is 6.99. The van der Waals surface area contributed by atoms with Gasteiger partial charge in [0, 0.05) is 23.1 Å². The van der Waals surface area contributed by atoms with Crippen molar-refractivity contribution in [1.82, 2.24) is 15.2 Å². The number of hydrogen-bond donors (Lipinski definition) is 0. The molecular weight excluding hydrogens is 428 g/mol. The summed E-state index contributed by atoms with van der Waals surface area (Å²) in [5.41, 5.74) is 2.06. The van der Waals surface area contributed by atoms with Crippen LogP contribution in [0.1, 0.15) is 38.0 Å². The Morgan fingerprint density at radius 1 is 1.23 bits per heavy atom. The van der Waals surface area contributed by atoms with E-state index in [0.717, 1.165) is 28.3 Å². The summed E-state index contributed by atoms with van der Waals surface area (Å²) in [6.07, 6.45) is 6.66. The van der Waals surface area contributed by atoms with Crippen LogP contribution in [0.25, 0.3) is 17.3 Å². The van der Waals surface area contributed by atoms with Crippen molar-refractivity contribution >= 4 is 40.8 Å². The zero-order valence-corrected chi connectivity index (χ0v) is 19.2. The number of para-hydroxylation sites is 1. The molecule has 4 rings (SSSR count). The summed E-state index contributed by atoms with van der Waals surface area (Å²) in [5, 5.41) is 11.4. The summed E-state index contributed by atoms with van der Waals surface area (Å²) >= 11 is 3.21. The highest BCUT2D eigenvalue weighted by Crippen LogP contribution is 2.39. The lowest BCUT2D eigenvalue weighted by atomic mass is 10.1. The third kappa shape index (κ3) is 4.97. The van der Waals surface area contributed by atoms with Gasteiger partial charge in [-0.05, 0) is 36.1 Å². The molecule has 1 aromatic carbocycles. The van der Waals surface area contributed by atoms with Crippen molar-refractivity contribution in [1.29, 1.82) is 0 Å². The molecule has 0 fully saturated rings. The van der Waals surface area contributed by atoms with Gasteiger partial charge in [0.15, 0.2) is 11.9 Å². The average molecular weight is 453 g/mol. The van der Waals surface area contributed by atoms with Crippen LogP contribution >= 0.6 is 23.1 Å². The normalized spacial score (nSPS) is 15.3. The first-order chi connectivity index (χ1) is 15.2. The Hall–Kier alpha value is -2.71. The summed E-state index contributed by atoms with van der Waals surface area (Å²) in [4.78, 5) is 20.0. The molecule has 2 aromatic heterocycles. The number of aromatic nitrogens is 3. The molecule has 3 aromatic rings. The van der Waals surface area contributed by atoms with Crippen molar-refractivity contribution in [3.05, 3.63) is 52.7 Å². The van der Waals surface area contributed by atoms with Gasteiger partial charge in [-0.2, -0.15) is 4.98 Å². The van der Waals surface area contributed by atoms with Crippen LogP contribution in [0.4, 0.5) is 5.69 Å². The highest BCUT2D eigenvalue weighted by Gasteiger charge is 2.32. The van der Waals surface area contributed by atoms with Gasteiger partial charge in [0.2, 0.25) is 16.9 Å². The lowest BCUT2D eigenvalue weighted by molar-refractivity contribution is -0.117. The fraction of sp³-hybridized carbons (Fsp3) is 0.304. The van der Waals surface area contributed by atoms with E-state index >= 15 is 0 Å². The first kappa shape index (κ1) is 21.5. The van der Waals surface area contributed by atoms with Crippen molar-refractivity contribution in [2.24, 2.45) is 0 Å². The molecule has 1 aliphatic heterocycles. The van der Waals surface area contributed by atoms with E-state index in [1.807, 2.05) is 53.9 Å². The maximum atomic E-state index is 12.7.